The summed E-state index contributed by atoms with van der Waals surface area (Å²) in [5, 5.41) is 17.7. The van der Waals surface area contributed by atoms with Crippen molar-refractivity contribution in [2.75, 3.05) is 13.2 Å². The average molecular weight is 156 g/mol. The van der Waals surface area contributed by atoms with E-state index in [1.165, 1.54) is 5.57 Å². The molecule has 2 N–H and O–H groups in total. The zero-order valence-corrected chi connectivity index (χ0v) is 6.95. The molecule has 0 amide bonds. The summed E-state index contributed by atoms with van der Waals surface area (Å²) >= 11 is 0. The van der Waals surface area contributed by atoms with Crippen molar-refractivity contribution < 1.29 is 10.2 Å². The second kappa shape index (κ2) is 3.88. The van der Waals surface area contributed by atoms with E-state index in [9.17, 15) is 0 Å². The normalized spacial score (nSPS) is 30.6. The number of aliphatic hydroxyl groups excluding tert-OH is 2. The number of hydrogen-bond donors (Lipinski definition) is 2. The van der Waals surface area contributed by atoms with Crippen molar-refractivity contribution in [1.82, 2.24) is 0 Å². The van der Waals surface area contributed by atoms with Gasteiger partial charge in [0.2, 0.25) is 0 Å². The number of hydrogen-bond acceptors (Lipinski definition) is 2. The van der Waals surface area contributed by atoms with Gasteiger partial charge in [0, 0.05) is 19.1 Å². The van der Waals surface area contributed by atoms with Crippen molar-refractivity contribution in [1.29, 1.82) is 0 Å². The molecule has 0 saturated carbocycles. The number of allylic oxidation sites excluding steroid dienone is 1. The molecule has 2 heteroatoms. The molecule has 2 atom stereocenters. The molecule has 0 fully saturated rings. The first-order valence-corrected chi connectivity index (χ1v) is 4.18. The highest BCUT2D eigenvalue weighted by Gasteiger charge is 2.25. The minimum Gasteiger partial charge on any atom is -0.396 e. The summed E-state index contributed by atoms with van der Waals surface area (Å²) in [5.41, 5.74) is 1.28. The van der Waals surface area contributed by atoms with Crippen LogP contribution in [-0.2, 0) is 0 Å². The van der Waals surface area contributed by atoms with Gasteiger partial charge in [0.1, 0.15) is 0 Å². The van der Waals surface area contributed by atoms with Crippen LogP contribution in [0.3, 0.4) is 0 Å². The molecule has 0 saturated heterocycles. The maximum Gasteiger partial charge on any atom is 0.0499 e. The summed E-state index contributed by atoms with van der Waals surface area (Å²) < 4.78 is 0. The van der Waals surface area contributed by atoms with Crippen molar-refractivity contribution in [3.63, 3.8) is 0 Å². The lowest BCUT2D eigenvalue weighted by molar-refractivity contribution is 0.180. The first-order valence-electron chi connectivity index (χ1n) is 4.18. The van der Waals surface area contributed by atoms with Crippen LogP contribution in [0, 0.1) is 11.8 Å². The molecule has 0 aliphatic heterocycles. The summed E-state index contributed by atoms with van der Waals surface area (Å²) in [4.78, 5) is 0. The van der Waals surface area contributed by atoms with Crippen molar-refractivity contribution >= 4 is 0 Å². The van der Waals surface area contributed by atoms with Crippen LogP contribution in [0.5, 0.6) is 0 Å². The van der Waals surface area contributed by atoms with Gasteiger partial charge in [-0.2, -0.15) is 0 Å². The topological polar surface area (TPSA) is 40.5 Å². The average Bonchev–Trinajstić information content (AvgIpc) is 2.33. The minimum absolute atomic E-state index is 0.229. The highest BCUT2D eigenvalue weighted by atomic mass is 16.3. The second-order valence-corrected chi connectivity index (χ2v) is 3.25. The van der Waals surface area contributed by atoms with Gasteiger partial charge in [-0.3, -0.25) is 0 Å². The van der Waals surface area contributed by atoms with Crippen molar-refractivity contribution in [3.8, 4) is 0 Å². The van der Waals surface area contributed by atoms with E-state index in [1.807, 2.05) is 0 Å². The monoisotopic (exact) mass is 156 g/mol. The van der Waals surface area contributed by atoms with Gasteiger partial charge in [0.25, 0.3) is 0 Å². The summed E-state index contributed by atoms with van der Waals surface area (Å²) in [7, 11) is 0. The molecular weight excluding hydrogens is 140 g/mol. The molecule has 11 heavy (non-hydrogen) atoms. The third-order valence-corrected chi connectivity index (χ3v) is 2.59. The van der Waals surface area contributed by atoms with Crippen LogP contribution < -0.4 is 0 Å². The Balaban J connectivity index is 2.46. The molecule has 0 spiro atoms. The van der Waals surface area contributed by atoms with Crippen LogP contribution in [0.4, 0.5) is 0 Å². The highest BCUT2D eigenvalue weighted by molar-refractivity contribution is 5.12. The minimum atomic E-state index is 0.229. The Morgan fingerprint density at radius 1 is 1.55 bits per heavy atom. The molecule has 0 radical (unpaired) electrons. The van der Waals surface area contributed by atoms with Crippen LogP contribution in [0.25, 0.3) is 0 Å². The van der Waals surface area contributed by atoms with E-state index in [1.54, 1.807) is 0 Å². The van der Waals surface area contributed by atoms with Gasteiger partial charge in [-0.15, -0.1) is 0 Å². The van der Waals surface area contributed by atoms with Gasteiger partial charge in [-0.25, -0.2) is 0 Å². The van der Waals surface area contributed by atoms with Crippen LogP contribution >= 0.6 is 0 Å². The zero-order valence-electron chi connectivity index (χ0n) is 6.95. The maximum absolute atomic E-state index is 9.01. The first-order chi connectivity index (χ1) is 5.29. The van der Waals surface area contributed by atoms with Gasteiger partial charge in [0.15, 0.2) is 0 Å². The van der Waals surface area contributed by atoms with E-state index in [0.29, 0.717) is 11.8 Å². The van der Waals surface area contributed by atoms with Crippen LogP contribution in [-0.4, -0.2) is 23.4 Å². The van der Waals surface area contributed by atoms with Gasteiger partial charge < -0.3 is 10.2 Å². The second-order valence-electron chi connectivity index (χ2n) is 3.25. The fourth-order valence-electron chi connectivity index (χ4n) is 1.80. The smallest absolute Gasteiger partial charge is 0.0499 e. The molecule has 0 aromatic rings. The lowest BCUT2D eigenvalue weighted by Gasteiger charge is -2.17. The van der Waals surface area contributed by atoms with Crippen LogP contribution in [0.1, 0.15) is 19.8 Å². The fourth-order valence-corrected chi connectivity index (χ4v) is 1.80. The molecule has 0 heterocycles. The fraction of sp³-hybridized carbons (Fsp3) is 0.778. The van der Waals surface area contributed by atoms with Crippen LogP contribution in [0.2, 0.25) is 0 Å². The molecule has 64 valence electrons. The largest absolute Gasteiger partial charge is 0.396 e. The molecule has 1 aliphatic rings. The van der Waals surface area contributed by atoms with Crippen molar-refractivity contribution in [2.45, 2.75) is 19.8 Å². The Hall–Kier alpha value is -0.340. The summed E-state index contributed by atoms with van der Waals surface area (Å²) in [6.07, 6.45) is 4.01. The predicted molar refractivity (Wildman–Crippen MR) is 44.1 cm³/mol. The van der Waals surface area contributed by atoms with Gasteiger partial charge in [-0.05, 0) is 25.7 Å². The van der Waals surface area contributed by atoms with E-state index >= 15 is 0 Å². The highest BCUT2D eigenvalue weighted by Crippen LogP contribution is 2.33. The molecule has 1 rings (SSSR count). The Morgan fingerprint density at radius 2 is 2.27 bits per heavy atom. The predicted octanol–water partition coefficient (Wildman–Crippen LogP) is 0.944. The Bertz CT molecular complexity index is 152. The molecule has 0 aromatic heterocycles. The van der Waals surface area contributed by atoms with E-state index in [-0.39, 0.29) is 13.2 Å². The number of aliphatic hydroxyl groups is 2. The Labute approximate surface area is 67.6 Å². The van der Waals surface area contributed by atoms with E-state index in [0.717, 1.165) is 12.8 Å². The van der Waals surface area contributed by atoms with Crippen LogP contribution in [0.15, 0.2) is 11.6 Å². The van der Waals surface area contributed by atoms with Gasteiger partial charge in [-0.1, -0.05) is 11.6 Å². The van der Waals surface area contributed by atoms with E-state index in [2.05, 4.69) is 13.0 Å². The zero-order chi connectivity index (χ0) is 8.27. The van der Waals surface area contributed by atoms with Crippen molar-refractivity contribution in [2.24, 2.45) is 11.8 Å². The third-order valence-electron chi connectivity index (χ3n) is 2.59. The summed E-state index contributed by atoms with van der Waals surface area (Å²) in [6, 6.07) is 0. The SMILES string of the molecule is CC1=CC[C@H](CCO)[C@@H]1CO. The number of rotatable bonds is 3. The standard InChI is InChI=1S/C9H16O2/c1-7-2-3-8(4-5-10)9(7)6-11/h2,8-11H,3-6H2,1H3/t8-,9-/m1/s1. The molecule has 0 unspecified atom stereocenters. The van der Waals surface area contributed by atoms with E-state index in [4.69, 9.17) is 10.2 Å². The molecular formula is C9H16O2. The van der Waals surface area contributed by atoms with E-state index < -0.39 is 0 Å². The third kappa shape index (κ3) is 1.82. The summed E-state index contributed by atoms with van der Waals surface area (Å²) in [6.45, 7) is 2.52. The molecule has 1 aliphatic carbocycles. The maximum atomic E-state index is 9.01. The molecule has 0 bridgehead atoms. The van der Waals surface area contributed by atoms with Gasteiger partial charge in [0.05, 0.1) is 0 Å². The molecule has 2 nitrogen and oxygen atoms in total. The lowest BCUT2D eigenvalue weighted by atomic mass is 9.90. The first kappa shape index (κ1) is 8.75. The van der Waals surface area contributed by atoms with Gasteiger partial charge >= 0.3 is 0 Å². The Kier molecular flexibility index (Phi) is 3.09. The van der Waals surface area contributed by atoms with Crippen molar-refractivity contribution in [3.05, 3.63) is 11.6 Å². The Morgan fingerprint density at radius 3 is 2.82 bits per heavy atom. The summed E-state index contributed by atoms with van der Waals surface area (Å²) in [5.74, 6) is 0.784. The quantitative estimate of drug-likeness (QED) is 0.597. The lowest BCUT2D eigenvalue weighted by Crippen LogP contribution is -2.15. The molecule has 0 aromatic carbocycles.